The summed E-state index contributed by atoms with van der Waals surface area (Å²) in [5, 5.41) is 0. The summed E-state index contributed by atoms with van der Waals surface area (Å²) in [4.78, 5) is 8.74. The fourth-order valence-electron chi connectivity index (χ4n) is 1.64. The van der Waals surface area contributed by atoms with Gasteiger partial charge in [-0.25, -0.2) is 9.97 Å². The molecule has 88 valence electrons. The van der Waals surface area contributed by atoms with Crippen LogP contribution in [0.25, 0.3) is 11.4 Å². The van der Waals surface area contributed by atoms with Crippen LogP contribution in [-0.4, -0.2) is 16.0 Å². The molecule has 0 aliphatic carbocycles. The van der Waals surface area contributed by atoms with Gasteiger partial charge in [-0.1, -0.05) is 37.3 Å². The lowest BCUT2D eigenvalue weighted by molar-refractivity contribution is 0.643. The number of rotatable bonds is 4. The highest BCUT2D eigenvalue weighted by atomic mass is 14.9. The maximum Gasteiger partial charge on any atom is 0.159 e. The number of nitrogens with two attached hydrogens (primary N) is 1. The average Bonchev–Trinajstić information content (AvgIpc) is 2.40. The van der Waals surface area contributed by atoms with E-state index in [-0.39, 0.29) is 6.04 Å². The first-order valence-corrected chi connectivity index (χ1v) is 5.91. The Morgan fingerprint density at radius 1 is 1.12 bits per heavy atom. The smallest absolute Gasteiger partial charge is 0.159 e. The Hall–Kier alpha value is -1.74. The van der Waals surface area contributed by atoms with E-state index in [1.807, 2.05) is 42.7 Å². The molecule has 0 aliphatic rings. The van der Waals surface area contributed by atoms with Crippen molar-refractivity contribution < 1.29 is 0 Å². The minimum Gasteiger partial charge on any atom is -0.327 e. The molecular weight excluding hydrogens is 210 g/mol. The summed E-state index contributed by atoms with van der Waals surface area (Å²) >= 11 is 0. The van der Waals surface area contributed by atoms with Gasteiger partial charge in [-0.05, 0) is 18.4 Å². The predicted octanol–water partition coefficient (Wildman–Crippen LogP) is 2.42. The molecule has 17 heavy (non-hydrogen) atoms. The summed E-state index contributed by atoms with van der Waals surface area (Å²) in [6.07, 6.45) is 5.54. The molecule has 0 amide bonds. The molecule has 2 aromatic rings. The van der Waals surface area contributed by atoms with Crippen molar-refractivity contribution in [3.05, 3.63) is 48.3 Å². The van der Waals surface area contributed by atoms with Gasteiger partial charge < -0.3 is 5.73 Å². The van der Waals surface area contributed by atoms with Gasteiger partial charge in [0.05, 0.1) is 0 Å². The maximum atomic E-state index is 5.90. The minimum absolute atomic E-state index is 0.196. The topological polar surface area (TPSA) is 51.8 Å². The van der Waals surface area contributed by atoms with E-state index in [1.165, 1.54) is 0 Å². The van der Waals surface area contributed by atoms with E-state index in [2.05, 4.69) is 16.9 Å². The lowest BCUT2D eigenvalue weighted by atomic mass is 10.1. The molecule has 0 bridgehead atoms. The highest BCUT2D eigenvalue weighted by molar-refractivity contribution is 5.53. The molecule has 0 aliphatic heterocycles. The van der Waals surface area contributed by atoms with Crippen LogP contribution < -0.4 is 5.73 Å². The number of nitrogens with zero attached hydrogens (tertiary/aromatic N) is 2. The molecule has 3 heteroatoms. The molecule has 1 heterocycles. The van der Waals surface area contributed by atoms with Crippen molar-refractivity contribution in [1.82, 2.24) is 9.97 Å². The minimum atomic E-state index is 0.196. The van der Waals surface area contributed by atoms with Crippen LogP contribution in [0.3, 0.4) is 0 Å². The van der Waals surface area contributed by atoms with Gasteiger partial charge in [0.1, 0.15) is 0 Å². The first-order valence-electron chi connectivity index (χ1n) is 5.91. The molecule has 1 aromatic carbocycles. The molecule has 2 rings (SSSR count). The fraction of sp³-hybridized carbons (Fsp3) is 0.286. The molecule has 1 atom stereocenters. The van der Waals surface area contributed by atoms with Gasteiger partial charge in [0, 0.05) is 24.0 Å². The van der Waals surface area contributed by atoms with Crippen molar-refractivity contribution in [2.24, 2.45) is 5.73 Å². The number of hydrogen-bond donors (Lipinski definition) is 1. The van der Waals surface area contributed by atoms with Crippen LogP contribution in [0.2, 0.25) is 0 Å². The van der Waals surface area contributed by atoms with Crippen molar-refractivity contribution in [3.8, 4) is 11.4 Å². The lowest BCUT2D eigenvalue weighted by Crippen LogP contribution is -2.21. The monoisotopic (exact) mass is 227 g/mol. The van der Waals surface area contributed by atoms with Crippen LogP contribution in [0, 0.1) is 0 Å². The zero-order valence-electron chi connectivity index (χ0n) is 10.0. The Balaban J connectivity index is 2.13. The summed E-state index contributed by atoms with van der Waals surface area (Å²) in [7, 11) is 0. The third kappa shape index (κ3) is 3.11. The Morgan fingerprint density at radius 3 is 2.35 bits per heavy atom. The Kier molecular flexibility index (Phi) is 3.83. The van der Waals surface area contributed by atoms with Crippen molar-refractivity contribution in [2.75, 3.05) is 0 Å². The summed E-state index contributed by atoms with van der Waals surface area (Å²) in [6.45, 7) is 2.09. The van der Waals surface area contributed by atoms with Crippen LogP contribution >= 0.6 is 0 Å². The SMILES string of the molecule is CCC(N)Cc1cnc(-c2ccccc2)nc1. The summed E-state index contributed by atoms with van der Waals surface area (Å²) in [5.74, 6) is 0.763. The lowest BCUT2D eigenvalue weighted by Gasteiger charge is -2.08. The molecule has 0 saturated carbocycles. The number of benzene rings is 1. The van der Waals surface area contributed by atoms with Crippen molar-refractivity contribution >= 4 is 0 Å². The second kappa shape index (κ2) is 5.55. The van der Waals surface area contributed by atoms with Crippen molar-refractivity contribution in [2.45, 2.75) is 25.8 Å². The van der Waals surface area contributed by atoms with Gasteiger partial charge in [0.25, 0.3) is 0 Å². The Labute approximate surface area is 102 Å². The first-order chi connectivity index (χ1) is 8.29. The zero-order chi connectivity index (χ0) is 12.1. The standard InChI is InChI=1S/C14H17N3/c1-2-13(15)8-11-9-16-14(17-10-11)12-6-4-3-5-7-12/h3-7,9-10,13H,2,8,15H2,1H3. The molecular formula is C14H17N3. The zero-order valence-corrected chi connectivity index (χ0v) is 10.0. The largest absolute Gasteiger partial charge is 0.327 e. The van der Waals surface area contributed by atoms with E-state index < -0.39 is 0 Å². The fourth-order valence-corrected chi connectivity index (χ4v) is 1.64. The van der Waals surface area contributed by atoms with Gasteiger partial charge in [-0.2, -0.15) is 0 Å². The highest BCUT2D eigenvalue weighted by Crippen LogP contribution is 2.13. The maximum absolute atomic E-state index is 5.90. The van der Waals surface area contributed by atoms with Crippen LogP contribution in [0.4, 0.5) is 0 Å². The van der Waals surface area contributed by atoms with Gasteiger partial charge in [-0.3, -0.25) is 0 Å². The van der Waals surface area contributed by atoms with Crippen LogP contribution in [0.5, 0.6) is 0 Å². The van der Waals surface area contributed by atoms with E-state index in [1.54, 1.807) is 0 Å². The third-order valence-electron chi connectivity index (χ3n) is 2.76. The second-order valence-corrected chi connectivity index (χ2v) is 4.15. The molecule has 1 unspecified atom stereocenters. The first kappa shape index (κ1) is 11.7. The van der Waals surface area contributed by atoms with Crippen molar-refractivity contribution in [3.63, 3.8) is 0 Å². The van der Waals surface area contributed by atoms with Gasteiger partial charge >= 0.3 is 0 Å². The Morgan fingerprint density at radius 2 is 1.76 bits per heavy atom. The summed E-state index contributed by atoms with van der Waals surface area (Å²) in [6, 6.07) is 10.2. The average molecular weight is 227 g/mol. The van der Waals surface area contributed by atoms with E-state index >= 15 is 0 Å². The predicted molar refractivity (Wildman–Crippen MR) is 69.4 cm³/mol. The number of aromatic nitrogens is 2. The second-order valence-electron chi connectivity index (χ2n) is 4.15. The molecule has 0 spiro atoms. The Bertz CT molecular complexity index is 451. The molecule has 0 radical (unpaired) electrons. The summed E-state index contributed by atoms with van der Waals surface area (Å²) < 4.78 is 0. The van der Waals surface area contributed by atoms with Crippen molar-refractivity contribution in [1.29, 1.82) is 0 Å². The molecule has 3 nitrogen and oxygen atoms in total. The highest BCUT2D eigenvalue weighted by Gasteiger charge is 2.04. The normalized spacial score (nSPS) is 12.4. The third-order valence-corrected chi connectivity index (χ3v) is 2.76. The molecule has 0 fully saturated rings. The van der Waals surface area contributed by atoms with Crippen LogP contribution in [0.1, 0.15) is 18.9 Å². The van der Waals surface area contributed by atoms with Crippen LogP contribution in [0.15, 0.2) is 42.7 Å². The molecule has 0 saturated heterocycles. The number of hydrogen-bond acceptors (Lipinski definition) is 3. The van der Waals surface area contributed by atoms with Gasteiger partial charge in [-0.15, -0.1) is 0 Å². The van der Waals surface area contributed by atoms with Crippen LogP contribution in [-0.2, 0) is 6.42 Å². The quantitative estimate of drug-likeness (QED) is 0.872. The van der Waals surface area contributed by atoms with E-state index in [4.69, 9.17) is 5.73 Å². The van der Waals surface area contributed by atoms with E-state index in [9.17, 15) is 0 Å². The van der Waals surface area contributed by atoms with Gasteiger partial charge in [0.15, 0.2) is 5.82 Å². The summed E-state index contributed by atoms with van der Waals surface area (Å²) in [5.41, 5.74) is 8.04. The van der Waals surface area contributed by atoms with E-state index in [0.29, 0.717) is 0 Å². The molecule has 1 aromatic heterocycles. The molecule has 2 N–H and O–H groups in total. The van der Waals surface area contributed by atoms with E-state index in [0.717, 1.165) is 29.8 Å². The van der Waals surface area contributed by atoms with Gasteiger partial charge in [0.2, 0.25) is 0 Å².